The number of likely N-dealkylation sites (N-methyl/N-ethyl adjacent to an activating group) is 1. The van der Waals surface area contributed by atoms with Gasteiger partial charge in [-0.25, -0.2) is 0 Å². The molecule has 1 aromatic carbocycles. The number of rotatable bonds is 7. The van der Waals surface area contributed by atoms with E-state index in [-0.39, 0.29) is 11.9 Å². The highest BCUT2D eigenvalue weighted by atomic mass is 16.1. The van der Waals surface area contributed by atoms with Crippen LogP contribution in [-0.2, 0) is 4.79 Å². The minimum atomic E-state index is -0.631. The average molecular weight is 289 g/mol. The molecule has 4 nitrogen and oxygen atoms in total. The molecule has 3 N–H and O–H groups in total. The summed E-state index contributed by atoms with van der Waals surface area (Å²) >= 11 is 0. The van der Waals surface area contributed by atoms with Gasteiger partial charge in [0.25, 0.3) is 0 Å². The highest BCUT2D eigenvalue weighted by Crippen LogP contribution is 2.40. The van der Waals surface area contributed by atoms with Gasteiger partial charge in [-0.2, -0.15) is 0 Å². The van der Waals surface area contributed by atoms with Crippen LogP contribution in [0.15, 0.2) is 24.3 Å². The third kappa shape index (κ3) is 3.56. The first kappa shape index (κ1) is 15.8. The molecule has 0 aromatic heterocycles. The summed E-state index contributed by atoms with van der Waals surface area (Å²) in [6, 6.07) is 8.58. The number of hydrogen-bond acceptors (Lipinski definition) is 3. The Morgan fingerprint density at radius 3 is 2.38 bits per heavy atom. The van der Waals surface area contributed by atoms with Gasteiger partial charge in [0.2, 0.25) is 5.91 Å². The van der Waals surface area contributed by atoms with Gasteiger partial charge in [0.05, 0.1) is 0 Å². The van der Waals surface area contributed by atoms with Crippen molar-refractivity contribution in [2.75, 3.05) is 18.5 Å². The zero-order chi connectivity index (χ0) is 15.6. The number of anilines is 1. The van der Waals surface area contributed by atoms with Gasteiger partial charge >= 0.3 is 0 Å². The summed E-state index contributed by atoms with van der Waals surface area (Å²) < 4.78 is 0. The number of nitrogens with one attached hydrogen (secondary N) is 1. The van der Waals surface area contributed by atoms with Crippen LogP contribution in [0.5, 0.6) is 0 Å². The van der Waals surface area contributed by atoms with E-state index in [1.165, 1.54) is 5.56 Å². The Bertz CT molecular complexity index is 493. The van der Waals surface area contributed by atoms with Crippen LogP contribution in [0.1, 0.15) is 32.3 Å². The molecule has 1 fully saturated rings. The topological polar surface area (TPSA) is 58.4 Å². The molecule has 0 spiro atoms. The zero-order valence-corrected chi connectivity index (χ0v) is 13.5. The molecular weight excluding hydrogens is 262 g/mol. The van der Waals surface area contributed by atoms with Gasteiger partial charge in [-0.1, -0.05) is 17.7 Å². The Morgan fingerprint density at radius 1 is 1.38 bits per heavy atom. The van der Waals surface area contributed by atoms with Crippen molar-refractivity contribution in [2.24, 2.45) is 11.7 Å². The number of nitrogens with two attached hydrogens (primary N) is 1. The summed E-state index contributed by atoms with van der Waals surface area (Å²) in [5.41, 5.74) is 7.49. The third-order valence-corrected chi connectivity index (χ3v) is 4.22. The molecule has 1 aromatic rings. The van der Waals surface area contributed by atoms with E-state index >= 15 is 0 Å². The second-order valence-corrected chi connectivity index (χ2v) is 6.60. The normalized spacial score (nSPS) is 17.6. The monoisotopic (exact) mass is 289 g/mol. The smallest absolute Gasteiger partial charge is 0.239 e. The highest BCUT2D eigenvalue weighted by Gasteiger charge is 2.50. The lowest BCUT2D eigenvalue weighted by Crippen LogP contribution is -2.64. The van der Waals surface area contributed by atoms with Crippen molar-refractivity contribution < 1.29 is 4.79 Å². The number of carbonyl (C=O) groups excluding carboxylic acids is 1. The van der Waals surface area contributed by atoms with Crippen LogP contribution >= 0.6 is 0 Å². The predicted molar refractivity (Wildman–Crippen MR) is 87.4 cm³/mol. The van der Waals surface area contributed by atoms with Crippen LogP contribution in [0.3, 0.4) is 0 Å². The number of carbonyl (C=O) groups is 1. The molecular formula is C17H27N3O. The SMILES string of the molecule is Cc1ccc(N(C)CC(NC(C)C)(C(N)=O)C2CC2)cc1. The van der Waals surface area contributed by atoms with E-state index in [1.807, 2.05) is 7.05 Å². The quantitative estimate of drug-likeness (QED) is 0.808. The fourth-order valence-corrected chi connectivity index (χ4v) is 3.00. The van der Waals surface area contributed by atoms with Crippen LogP contribution in [0.4, 0.5) is 5.69 Å². The standard InChI is InChI=1S/C17H27N3O/c1-12(2)19-17(16(18)21,14-7-8-14)11-20(4)15-9-5-13(3)6-10-15/h5-6,9-10,12,14,19H,7-8,11H2,1-4H3,(H2,18,21). The molecule has 1 saturated carbocycles. The van der Waals surface area contributed by atoms with Crippen LogP contribution in [0.2, 0.25) is 0 Å². The van der Waals surface area contributed by atoms with Gasteiger partial charge < -0.3 is 10.6 Å². The van der Waals surface area contributed by atoms with E-state index in [0.29, 0.717) is 12.5 Å². The van der Waals surface area contributed by atoms with Crippen molar-refractivity contribution in [3.8, 4) is 0 Å². The number of hydrogen-bond donors (Lipinski definition) is 2. The molecule has 2 rings (SSSR count). The van der Waals surface area contributed by atoms with Gasteiger partial charge in [0.1, 0.15) is 5.54 Å². The summed E-state index contributed by atoms with van der Waals surface area (Å²) in [5, 5.41) is 3.45. The van der Waals surface area contributed by atoms with Crippen molar-refractivity contribution in [1.82, 2.24) is 5.32 Å². The first-order chi connectivity index (χ1) is 9.85. The fourth-order valence-electron chi connectivity index (χ4n) is 3.00. The Morgan fingerprint density at radius 2 is 1.95 bits per heavy atom. The molecule has 21 heavy (non-hydrogen) atoms. The molecule has 0 radical (unpaired) electrons. The molecule has 1 unspecified atom stereocenters. The first-order valence-electron chi connectivity index (χ1n) is 7.70. The summed E-state index contributed by atoms with van der Waals surface area (Å²) in [7, 11) is 2.02. The Kier molecular flexibility index (Phi) is 4.57. The van der Waals surface area contributed by atoms with Crippen molar-refractivity contribution in [3.63, 3.8) is 0 Å². The molecule has 116 valence electrons. The van der Waals surface area contributed by atoms with E-state index in [1.54, 1.807) is 0 Å². The van der Waals surface area contributed by atoms with Crippen LogP contribution in [-0.4, -0.2) is 31.1 Å². The van der Waals surface area contributed by atoms with Crippen LogP contribution < -0.4 is 16.0 Å². The second kappa shape index (κ2) is 6.06. The highest BCUT2D eigenvalue weighted by molar-refractivity contribution is 5.86. The second-order valence-electron chi connectivity index (χ2n) is 6.60. The van der Waals surface area contributed by atoms with Gasteiger partial charge in [-0.3, -0.25) is 10.1 Å². The minimum Gasteiger partial charge on any atom is -0.372 e. The van der Waals surface area contributed by atoms with Gasteiger partial charge in [-0.05, 0) is 51.7 Å². The maximum absolute atomic E-state index is 12.2. The number of amides is 1. The molecule has 1 atom stereocenters. The van der Waals surface area contributed by atoms with E-state index in [9.17, 15) is 4.79 Å². The minimum absolute atomic E-state index is 0.226. The lowest BCUT2D eigenvalue weighted by Gasteiger charge is -2.38. The summed E-state index contributed by atoms with van der Waals surface area (Å²) in [6.07, 6.45) is 2.15. The lowest BCUT2D eigenvalue weighted by atomic mass is 9.90. The molecule has 0 saturated heterocycles. The van der Waals surface area contributed by atoms with Crippen molar-refractivity contribution in [2.45, 2.75) is 45.2 Å². The number of aryl methyl sites for hydroxylation is 1. The first-order valence-corrected chi connectivity index (χ1v) is 7.70. The number of nitrogens with zero attached hydrogens (tertiary/aromatic N) is 1. The summed E-state index contributed by atoms with van der Waals surface area (Å²) in [4.78, 5) is 14.3. The molecule has 1 aliphatic carbocycles. The van der Waals surface area contributed by atoms with Gasteiger partial charge in [0.15, 0.2) is 0 Å². The maximum Gasteiger partial charge on any atom is 0.239 e. The van der Waals surface area contributed by atoms with Crippen molar-refractivity contribution >= 4 is 11.6 Å². The van der Waals surface area contributed by atoms with Crippen LogP contribution in [0.25, 0.3) is 0 Å². The van der Waals surface area contributed by atoms with Gasteiger partial charge in [-0.15, -0.1) is 0 Å². The van der Waals surface area contributed by atoms with E-state index in [4.69, 9.17) is 5.73 Å². The predicted octanol–water partition coefficient (Wildman–Crippen LogP) is 2.06. The van der Waals surface area contributed by atoms with Crippen molar-refractivity contribution in [1.29, 1.82) is 0 Å². The van der Waals surface area contributed by atoms with E-state index in [2.05, 4.69) is 55.3 Å². The van der Waals surface area contributed by atoms with Gasteiger partial charge in [0, 0.05) is 25.3 Å². The van der Waals surface area contributed by atoms with Crippen LogP contribution in [0, 0.1) is 12.8 Å². The molecule has 4 heteroatoms. The van der Waals surface area contributed by atoms with E-state index in [0.717, 1.165) is 18.5 Å². The number of primary amides is 1. The lowest BCUT2D eigenvalue weighted by molar-refractivity contribution is -0.125. The molecule has 0 heterocycles. The fraction of sp³-hybridized carbons (Fsp3) is 0.588. The molecule has 0 aliphatic heterocycles. The summed E-state index contributed by atoms with van der Waals surface area (Å²) in [5.74, 6) is 0.114. The number of benzene rings is 1. The summed E-state index contributed by atoms with van der Waals surface area (Å²) in [6.45, 7) is 6.80. The Hall–Kier alpha value is -1.55. The van der Waals surface area contributed by atoms with Crippen molar-refractivity contribution in [3.05, 3.63) is 29.8 Å². The molecule has 1 aliphatic rings. The van der Waals surface area contributed by atoms with E-state index < -0.39 is 5.54 Å². The maximum atomic E-state index is 12.2. The third-order valence-electron chi connectivity index (χ3n) is 4.22. The average Bonchev–Trinajstić information content (AvgIpc) is 3.22. The Labute approximate surface area is 127 Å². The molecule has 0 bridgehead atoms. The molecule has 1 amide bonds. The zero-order valence-electron chi connectivity index (χ0n) is 13.5. The largest absolute Gasteiger partial charge is 0.372 e. The Balaban J connectivity index is 2.21.